The van der Waals surface area contributed by atoms with Crippen LogP contribution in [0, 0.1) is 10.1 Å². The first-order valence-corrected chi connectivity index (χ1v) is 4.64. The predicted octanol–water partition coefficient (Wildman–Crippen LogP) is 1.33. The molecule has 0 aliphatic heterocycles. The van der Waals surface area contributed by atoms with Crippen molar-refractivity contribution in [1.82, 2.24) is 20.0 Å². The number of halogens is 1. The topological polar surface area (TPSA) is 86.7 Å². The second-order valence-electron chi connectivity index (χ2n) is 2.57. The van der Waals surface area contributed by atoms with Gasteiger partial charge in [0.2, 0.25) is 0 Å². The van der Waals surface area contributed by atoms with Crippen molar-refractivity contribution in [3.8, 4) is 5.69 Å². The summed E-state index contributed by atoms with van der Waals surface area (Å²) in [4.78, 5) is 15.3. The third-order valence-corrected chi connectivity index (χ3v) is 2.09. The highest BCUT2D eigenvalue weighted by molar-refractivity contribution is 9.10. The first-order valence-electron chi connectivity index (χ1n) is 3.85. The molecule has 0 N–H and O–H groups in total. The second kappa shape index (κ2) is 3.73. The summed E-state index contributed by atoms with van der Waals surface area (Å²) in [7, 11) is 0. The molecule has 2 rings (SSSR count). The van der Waals surface area contributed by atoms with Crippen LogP contribution < -0.4 is 0 Å². The zero-order chi connectivity index (χ0) is 10.8. The highest BCUT2D eigenvalue weighted by Gasteiger charge is 2.17. The first kappa shape index (κ1) is 9.71. The van der Waals surface area contributed by atoms with E-state index in [-0.39, 0.29) is 11.4 Å². The maximum absolute atomic E-state index is 10.8. The molecular formula is C7H4BrN5O2. The van der Waals surface area contributed by atoms with Gasteiger partial charge in [0.05, 0.1) is 29.6 Å². The Morgan fingerprint density at radius 2 is 2.07 bits per heavy atom. The monoisotopic (exact) mass is 269 g/mol. The number of aromatic nitrogens is 4. The zero-order valence-corrected chi connectivity index (χ0v) is 8.83. The lowest BCUT2D eigenvalue weighted by molar-refractivity contribution is -0.384. The van der Waals surface area contributed by atoms with Gasteiger partial charge in [-0.25, -0.2) is 4.98 Å². The van der Waals surface area contributed by atoms with Crippen LogP contribution in [-0.2, 0) is 0 Å². The van der Waals surface area contributed by atoms with Crippen LogP contribution in [0.5, 0.6) is 0 Å². The number of nitrogens with zero attached hydrogens (tertiary/aromatic N) is 5. The minimum absolute atomic E-state index is 0.104. The van der Waals surface area contributed by atoms with E-state index in [2.05, 4.69) is 31.1 Å². The van der Waals surface area contributed by atoms with Crippen LogP contribution in [0.4, 0.5) is 5.69 Å². The van der Waals surface area contributed by atoms with E-state index in [4.69, 9.17) is 0 Å². The van der Waals surface area contributed by atoms with E-state index in [0.717, 1.165) is 4.80 Å². The molecule has 0 saturated heterocycles. The van der Waals surface area contributed by atoms with Gasteiger partial charge in [-0.05, 0) is 15.9 Å². The van der Waals surface area contributed by atoms with Gasteiger partial charge in [0.1, 0.15) is 4.60 Å². The van der Waals surface area contributed by atoms with Crippen LogP contribution in [0.15, 0.2) is 29.3 Å². The Labute approximate surface area is 92.0 Å². The van der Waals surface area contributed by atoms with E-state index in [9.17, 15) is 10.1 Å². The number of hydrogen-bond donors (Lipinski definition) is 0. The first-order chi connectivity index (χ1) is 7.18. The summed E-state index contributed by atoms with van der Waals surface area (Å²) < 4.78 is 0.394. The Morgan fingerprint density at radius 3 is 2.67 bits per heavy atom. The average molecular weight is 270 g/mol. The van der Waals surface area contributed by atoms with E-state index >= 15 is 0 Å². The van der Waals surface area contributed by atoms with Gasteiger partial charge in [-0.1, -0.05) is 0 Å². The SMILES string of the molecule is O=[N+]([O-])c1cc(Br)ncc1-n1nccn1. The van der Waals surface area contributed by atoms with Crippen LogP contribution in [-0.4, -0.2) is 24.9 Å². The fraction of sp³-hybridized carbons (Fsp3) is 0. The molecule has 76 valence electrons. The van der Waals surface area contributed by atoms with Gasteiger partial charge in [0.25, 0.3) is 0 Å². The van der Waals surface area contributed by atoms with Gasteiger partial charge >= 0.3 is 5.69 Å². The highest BCUT2D eigenvalue weighted by Crippen LogP contribution is 2.23. The van der Waals surface area contributed by atoms with Crippen molar-refractivity contribution in [2.24, 2.45) is 0 Å². The summed E-state index contributed by atoms with van der Waals surface area (Å²) in [6.07, 6.45) is 4.21. The largest absolute Gasteiger partial charge is 0.301 e. The van der Waals surface area contributed by atoms with Crippen molar-refractivity contribution in [2.75, 3.05) is 0 Å². The van der Waals surface area contributed by atoms with Crippen molar-refractivity contribution in [3.05, 3.63) is 39.4 Å². The molecule has 0 amide bonds. The normalized spacial score (nSPS) is 10.2. The smallest absolute Gasteiger partial charge is 0.258 e. The molecule has 0 saturated carbocycles. The molecule has 0 unspecified atom stereocenters. The van der Waals surface area contributed by atoms with Gasteiger partial charge in [-0.3, -0.25) is 10.1 Å². The van der Waals surface area contributed by atoms with Gasteiger partial charge in [0, 0.05) is 0 Å². The lowest BCUT2D eigenvalue weighted by Crippen LogP contribution is -2.04. The van der Waals surface area contributed by atoms with E-state index in [0.29, 0.717) is 4.60 Å². The van der Waals surface area contributed by atoms with Crippen molar-refractivity contribution < 1.29 is 4.92 Å². The zero-order valence-electron chi connectivity index (χ0n) is 7.24. The van der Waals surface area contributed by atoms with Crippen LogP contribution >= 0.6 is 15.9 Å². The summed E-state index contributed by atoms with van der Waals surface area (Å²) in [5.74, 6) is 0. The fourth-order valence-corrected chi connectivity index (χ4v) is 1.37. The van der Waals surface area contributed by atoms with Gasteiger partial charge in [0.15, 0.2) is 5.69 Å². The molecule has 7 nitrogen and oxygen atoms in total. The molecule has 0 aromatic carbocycles. The maximum Gasteiger partial charge on any atom is 0.301 e. The molecule has 2 aromatic rings. The number of hydrogen-bond acceptors (Lipinski definition) is 5. The number of pyridine rings is 1. The molecule has 8 heteroatoms. The lowest BCUT2D eigenvalue weighted by Gasteiger charge is -2.00. The van der Waals surface area contributed by atoms with Crippen molar-refractivity contribution >= 4 is 21.6 Å². The molecular weight excluding hydrogens is 266 g/mol. The molecule has 15 heavy (non-hydrogen) atoms. The Bertz CT molecular complexity index is 498. The Kier molecular flexibility index (Phi) is 2.42. The molecule has 0 bridgehead atoms. The third kappa shape index (κ3) is 1.84. The Hall–Kier alpha value is -1.83. The van der Waals surface area contributed by atoms with Crippen molar-refractivity contribution in [2.45, 2.75) is 0 Å². The summed E-state index contributed by atoms with van der Waals surface area (Å²) >= 11 is 3.06. The summed E-state index contributed by atoms with van der Waals surface area (Å²) in [5.41, 5.74) is 0.126. The molecule has 0 spiro atoms. The molecule has 2 aromatic heterocycles. The van der Waals surface area contributed by atoms with E-state index in [1.165, 1.54) is 24.7 Å². The molecule has 0 atom stereocenters. The van der Waals surface area contributed by atoms with E-state index in [1.54, 1.807) is 0 Å². The highest BCUT2D eigenvalue weighted by atomic mass is 79.9. The van der Waals surface area contributed by atoms with Crippen LogP contribution in [0.3, 0.4) is 0 Å². The van der Waals surface area contributed by atoms with Gasteiger partial charge < -0.3 is 0 Å². The molecule has 0 aliphatic rings. The minimum atomic E-state index is -0.509. The van der Waals surface area contributed by atoms with E-state index in [1.807, 2.05) is 0 Å². The second-order valence-corrected chi connectivity index (χ2v) is 3.38. The van der Waals surface area contributed by atoms with E-state index < -0.39 is 4.92 Å². The summed E-state index contributed by atoms with van der Waals surface area (Å²) in [5, 5.41) is 18.4. The molecule has 2 heterocycles. The summed E-state index contributed by atoms with van der Waals surface area (Å²) in [6, 6.07) is 1.30. The van der Waals surface area contributed by atoms with Crippen LogP contribution in [0.1, 0.15) is 0 Å². The number of rotatable bonds is 2. The maximum atomic E-state index is 10.8. The van der Waals surface area contributed by atoms with Crippen molar-refractivity contribution in [1.29, 1.82) is 0 Å². The average Bonchev–Trinajstić information content (AvgIpc) is 2.70. The molecule has 0 radical (unpaired) electrons. The molecule has 0 aliphatic carbocycles. The minimum Gasteiger partial charge on any atom is -0.258 e. The number of nitro groups is 1. The molecule has 0 fully saturated rings. The van der Waals surface area contributed by atoms with Crippen LogP contribution in [0.2, 0.25) is 0 Å². The summed E-state index contributed by atoms with van der Waals surface area (Å²) in [6.45, 7) is 0. The van der Waals surface area contributed by atoms with Gasteiger partial charge in [-0.15, -0.1) is 4.80 Å². The van der Waals surface area contributed by atoms with Crippen molar-refractivity contribution in [3.63, 3.8) is 0 Å². The lowest BCUT2D eigenvalue weighted by atomic mass is 10.3. The van der Waals surface area contributed by atoms with Gasteiger partial charge in [-0.2, -0.15) is 10.2 Å². The standard InChI is InChI=1S/C7H4BrN5O2/c8-7-3-5(13(14)15)6(4-9-7)12-10-1-2-11-12/h1-4H. The Balaban J connectivity index is 2.61. The predicted molar refractivity (Wildman–Crippen MR) is 53.5 cm³/mol. The fourth-order valence-electron chi connectivity index (χ4n) is 1.05. The quantitative estimate of drug-likeness (QED) is 0.466. The van der Waals surface area contributed by atoms with Crippen LogP contribution in [0.25, 0.3) is 5.69 Å². The third-order valence-electron chi connectivity index (χ3n) is 1.66. The Morgan fingerprint density at radius 1 is 1.40 bits per heavy atom.